The Kier molecular flexibility index (Phi) is 4.66. The van der Waals surface area contributed by atoms with Crippen LogP contribution in [0.1, 0.15) is 12.7 Å². The SMILES string of the molecule is CCOCc1nc(NN)cc(Oc2ccccc2)n1. The van der Waals surface area contributed by atoms with Gasteiger partial charge in [0.1, 0.15) is 18.2 Å². The molecule has 2 rings (SSSR count). The number of ether oxygens (including phenoxy) is 2. The Labute approximate surface area is 111 Å². The van der Waals surface area contributed by atoms with Crippen LogP contribution in [0.15, 0.2) is 36.4 Å². The Morgan fingerprint density at radius 3 is 2.68 bits per heavy atom. The first-order valence-corrected chi connectivity index (χ1v) is 5.97. The zero-order valence-electron chi connectivity index (χ0n) is 10.7. The van der Waals surface area contributed by atoms with Crippen LogP contribution in [0.2, 0.25) is 0 Å². The van der Waals surface area contributed by atoms with Gasteiger partial charge in [-0.15, -0.1) is 0 Å². The zero-order chi connectivity index (χ0) is 13.5. The van der Waals surface area contributed by atoms with E-state index in [1.54, 1.807) is 6.07 Å². The first kappa shape index (κ1) is 13.3. The average Bonchev–Trinajstić information content (AvgIpc) is 2.46. The predicted molar refractivity (Wildman–Crippen MR) is 71.7 cm³/mol. The minimum absolute atomic E-state index is 0.317. The number of aromatic nitrogens is 2. The summed E-state index contributed by atoms with van der Waals surface area (Å²) in [6.07, 6.45) is 0. The van der Waals surface area contributed by atoms with Crippen molar-refractivity contribution in [1.82, 2.24) is 9.97 Å². The maximum atomic E-state index is 5.64. The van der Waals surface area contributed by atoms with Crippen LogP contribution in [0.5, 0.6) is 11.6 Å². The molecular formula is C13H16N4O2. The molecule has 1 heterocycles. The summed E-state index contributed by atoms with van der Waals surface area (Å²) in [5.41, 5.74) is 2.48. The van der Waals surface area contributed by atoms with Gasteiger partial charge in [-0.05, 0) is 19.1 Å². The van der Waals surface area contributed by atoms with E-state index in [4.69, 9.17) is 15.3 Å². The molecule has 0 aliphatic carbocycles. The molecule has 2 aromatic rings. The van der Waals surface area contributed by atoms with Crippen molar-refractivity contribution in [3.05, 3.63) is 42.2 Å². The third kappa shape index (κ3) is 3.90. The molecular weight excluding hydrogens is 244 g/mol. The van der Waals surface area contributed by atoms with Gasteiger partial charge in [-0.1, -0.05) is 18.2 Å². The minimum atomic E-state index is 0.317. The molecule has 0 unspecified atom stereocenters. The molecule has 0 saturated carbocycles. The second-order valence-electron chi connectivity index (χ2n) is 3.70. The quantitative estimate of drug-likeness (QED) is 0.611. The van der Waals surface area contributed by atoms with Crippen LogP contribution in [-0.4, -0.2) is 16.6 Å². The van der Waals surface area contributed by atoms with Crippen molar-refractivity contribution in [2.75, 3.05) is 12.0 Å². The number of anilines is 1. The van der Waals surface area contributed by atoms with Gasteiger partial charge in [-0.25, -0.2) is 10.8 Å². The molecule has 1 aromatic carbocycles. The van der Waals surface area contributed by atoms with Crippen LogP contribution < -0.4 is 16.0 Å². The number of nitrogens with two attached hydrogens (primary N) is 1. The van der Waals surface area contributed by atoms with Gasteiger partial charge in [-0.2, -0.15) is 4.98 Å². The number of nitrogens with one attached hydrogen (secondary N) is 1. The van der Waals surface area contributed by atoms with E-state index in [0.29, 0.717) is 36.5 Å². The highest BCUT2D eigenvalue weighted by molar-refractivity contribution is 5.38. The minimum Gasteiger partial charge on any atom is -0.439 e. The van der Waals surface area contributed by atoms with Crippen LogP contribution in [0.4, 0.5) is 5.82 Å². The highest BCUT2D eigenvalue weighted by Crippen LogP contribution is 2.21. The van der Waals surface area contributed by atoms with Gasteiger partial charge in [-0.3, -0.25) is 0 Å². The molecule has 0 fully saturated rings. The number of hydrogen-bond acceptors (Lipinski definition) is 6. The van der Waals surface area contributed by atoms with Crippen molar-refractivity contribution >= 4 is 5.82 Å². The number of nitrogens with zero attached hydrogens (tertiary/aromatic N) is 2. The van der Waals surface area contributed by atoms with Crippen LogP contribution in [0, 0.1) is 0 Å². The van der Waals surface area contributed by atoms with E-state index in [0.717, 1.165) is 0 Å². The van der Waals surface area contributed by atoms with Crippen LogP contribution >= 0.6 is 0 Å². The largest absolute Gasteiger partial charge is 0.439 e. The van der Waals surface area contributed by atoms with Crippen LogP contribution in [0.3, 0.4) is 0 Å². The molecule has 0 bridgehead atoms. The van der Waals surface area contributed by atoms with E-state index in [1.165, 1.54) is 0 Å². The van der Waals surface area contributed by atoms with Gasteiger partial charge in [0.25, 0.3) is 0 Å². The Morgan fingerprint density at radius 1 is 1.21 bits per heavy atom. The molecule has 0 aliphatic heterocycles. The maximum absolute atomic E-state index is 5.64. The summed E-state index contributed by atoms with van der Waals surface area (Å²) in [6.45, 7) is 2.82. The number of hydrogen-bond donors (Lipinski definition) is 2. The van der Waals surface area contributed by atoms with Crippen LogP contribution in [-0.2, 0) is 11.3 Å². The van der Waals surface area contributed by atoms with E-state index in [2.05, 4.69) is 15.4 Å². The maximum Gasteiger partial charge on any atom is 0.224 e. The third-order valence-corrected chi connectivity index (χ3v) is 2.30. The summed E-state index contributed by atoms with van der Waals surface area (Å²) in [5, 5.41) is 0. The van der Waals surface area contributed by atoms with Crippen LogP contribution in [0.25, 0.3) is 0 Å². The van der Waals surface area contributed by atoms with E-state index in [1.807, 2.05) is 37.3 Å². The standard InChI is InChI=1S/C13H16N4O2/c1-2-18-9-12-15-11(17-14)8-13(16-12)19-10-6-4-3-5-7-10/h3-8H,2,9,14H2,1H3,(H,15,16,17). The Hall–Kier alpha value is -2.18. The highest BCUT2D eigenvalue weighted by Gasteiger charge is 2.06. The number of hydrazine groups is 1. The van der Waals surface area contributed by atoms with E-state index >= 15 is 0 Å². The molecule has 0 amide bonds. The fourth-order valence-electron chi connectivity index (χ4n) is 1.47. The summed E-state index contributed by atoms with van der Waals surface area (Å²) in [5.74, 6) is 7.49. The van der Waals surface area contributed by atoms with Gasteiger partial charge in [0.2, 0.25) is 5.88 Å². The second-order valence-corrected chi connectivity index (χ2v) is 3.70. The molecule has 0 radical (unpaired) electrons. The molecule has 6 heteroatoms. The van der Waals surface area contributed by atoms with Crippen molar-refractivity contribution in [1.29, 1.82) is 0 Å². The number of benzene rings is 1. The van der Waals surface area contributed by atoms with Gasteiger partial charge in [0, 0.05) is 12.7 Å². The van der Waals surface area contributed by atoms with Crippen molar-refractivity contribution in [2.45, 2.75) is 13.5 Å². The lowest BCUT2D eigenvalue weighted by molar-refractivity contribution is 0.128. The van der Waals surface area contributed by atoms with Crippen molar-refractivity contribution in [2.24, 2.45) is 5.84 Å². The summed E-state index contributed by atoms with van der Waals surface area (Å²) >= 11 is 0. The number of para-hydroxylation sites is 1. The molecule has 1 aromatic heterocycles. The first-order chi connectivity index (χ1) is 9.31. The van der Waals surface area contributed by atoms with Crippen molar-refractivity contribution < 1.29 is 9.47 Å². The third-order valence-electron chi connectivity index (χ3n) is 2.30. The Balaban J connectivity index is 2.19. The molecule has 100 valence electrons. The molecule has 0 saturated heterocycles. The molecule has 6 nitrogen and oxygen atoms in total. The lowest BCUT2D eigenvalue weighted by Crippen LogP contribution is -2.11. The monoisotopic (exact) mass is 260 g/mol. The zero-order valence-corrected chi connectivity index (χ0v) is 10.7. The van der Waals surface area contributed by atoms with Gasteiger partial charge in [0.15, 0.2) is 5.82 Å². The Bertz CT molecular complexity index is 519. The second kappa shape index (κ2) is 6.67. The lowest BCUT2D eigenvalue weighted by atomic mass is 10.3. The van der Waals surface area contributed by atoms with Crippen molar-refractivity contribution in [3.8, 4) is 11.6 Å². The summed E-state index contributed by atoms with van der Waals surface area (Å²) < 4.78 is 10.9. The smallest absolute Gasteiger partial charge is 0.224 e. The lowest BCUT2D eigenvalue weighted by Gasteiger charge is -2.08. The first-order valence-electron chi connectivity index (χ1n) is 5.97. The topological polar surface area (TPSA) is 82.3 Å². The fourth-order valence-corrected chi connectivity index (χ4v) is 1.47. The number of rotatable bonds is 6. The van der Waals surface area contributed by atoms with Crippen molar-refractivity contribution in [3.63, 3.8) is 0 Å². The van der Waals surface area contributed by atoms with Gasteiger partial charge < -0.3 is 14.9 Å². The number of nitrogen functional groups attached to an aromatic ring is 1. The fraction of sp³-hybridized carbons (Fsp3) is 0.231. The molecule has 0 atom stereocenters. The molecule has 19 heavy (non-hydrogen) atoms. The Morgan fingerprint density at radius 2 is 2.00 bits per heavy atom. The molecule has 0 aliphatic rings. The molecule has 0 spiro atoms. The summed E-state index contributed by atoms with van der Waals surface area (Å²) in [7, 11) is 0. The van der Waals surface area contributed by atoms with E-state index < -0.39 is 0 Å². The summed E-state index contributed by atoms with van der Waals surface area (Å²) in [6, 6.07) is 11.0. The normalized spacial score (nSPS) is 10.2. The summed E-state index contributed by atoms with van der Waals surface area (Å²) in [4.78, 5) is 8.44. The average molecular weight is 260 g/mol. The highest BCUT2D eigenvalue weighted by atomic mass is 16.5. The predicted octanol–water partition coefficient (Wildman–Crippen LogP) is 2.09. The van der Waals surface area contributed by atoms with E-state index in [9.17, 15) is 0 Å². The van der Waals surface area contributed by atoms with Gasteiger partial charge in [0.05, 0.1) is 0 Å². The molecule has 3 N–H and O–H groups in total. The van der Waals surface area contributed by atoms with Gasteiger partial charge >= 0.3 is 0 Å². The van der Waals surface area contributed by atoms with E-state index in [-0.39, 0.29) is 0 Å².